The molecule has 0 fully saturated rings. The number of hydrogen-bond acceptors (Lipinski definition) is 4. The lowest BCUT2D eigenvalue weighted by atomic mass is 9.86. The smallest absolute Gasteiger partial charge is 0.220 e. The second-order valence-corrected chi connectivity index (χ2v) is 6.90. The number of amides is 1. The van der Waals surface area contributed by atoms with Crippen LogP contribution in [-0.4, -0.2) is 25.4 Å². The molecule has 2 aromatic carbocycles. The molecule has 1 amide bonds. The normalized spacial score (nSPS) is 19.0. The zero-order valence-electron chi connectivity index (χ0n) is 13.9. The summed E-state index contributed by atoms with van der Waals surface area (Å²) in [5.41, 5.74) is 4.88. The molecule has 1 aliphatic rings. The number of benzene rings is 2. The molecule has 3 rings (SSSR count). The molecule has 0 bridgehead atoms. The van der Waals surface area contributed by atoms with Crippen LogP contribution in [0.1, 0.15) is 17.5 Å². The number of carbonyl (C=O) groups is 1. The van der Waals surface area contributed by atoms with E-state index in [1.165, 1.54) is 0 Å². The van der Waals surface area contributed by atoms with Crippen molar-refractivity contribution in [2.75, 3.05) is 13.7 Å². The quantitative estimate of drug-likeness (QED) is 0.775. The van der Waals surface area contributed by atoms with Gasteiger partial charge >= 0.3 is 0 Å². The van der Waals surface area contributed by atoms with Crippen LogP contribution in [0.3, 0.4) is 0 Å². The van der Waals surface area contributed by atoms with Crippen molar-refractivity contribution in [3.8, 4) is 5.75 Å². The molecule has 0 saturated heterocycles. The van der Waals surface area contributed by atoms with Gasteiger partial charge in [0.1, 0.15) is 23.2 Å². The summed E-state index contributed by atoms with van der Waals surface area (Å²) in [7, 11) is 1.54. The van der Waals surface area contributed by atoms with Crippen molar-refractivity contribution in [2.45, 2.75) is 12.0 Å². The van der Waals surface area contributed by atoms with Crippen LogP contribution in [0.2, 0.25) is 0 Å². The lowest BCUT2D eigenvalue weighted by Crippen LogP contribution is -2.46. The van der Waals surface area contributed by atoms with Crippen molar-refractivity contribution in [2.24, 2.45) is 10.7 Å². The van der Waals surface area contributed by atoms with Gasteiger partial charge in [-0.1, -0.05) is 28.1 Å². The highest BCUT2D eigenvalue weighted by Crippen LogP contribution is 2.32. The maximum Gasteiger partial charge on any atom is 0.220 e. The molecule has 5 nitrogen and oxygen atoms in total. The summed E-state index contributed by atoms with van der Waals surface area (Å²) in [6.07, 6.45) is -0.0773. The van der Waals surface area contributed by atoms with E-state index in [9.17, 15) is 13.6 Å². The number of rotatable bonds is 5. The van der Waals surface area contributed by atoms with E-state index in [4.69, 9.17) is 10.5 Å². The van der Waals surface area contributed by atoms with Crippen molar-refractivity contribution >= 4 is 27.7 Å². The summed E-state index contributed by atoms with van der Waals surface area (Å²) >= 11 is 3.05. The molecule has 3 N–H and O–H groups in total. The van der Waals surface area contributed by atoms with Gasteiger partial charge in [-0.05, 0) is 29.8 Å². The molecule has 1 atom stereocenters. The monoisotopic (exact) mass is 423 g/mol. The van der Waals surface area contributed by atoms with E-state index in [0.717, 1.165) is 12.1 Å². The van der Waals surface area contributed by atoms with Gasteiger partial charge in [-0.3, -0.25) is 9.79 Å². The van der Waals surface area contributed by atoms with Crippen LogP contribution in [0.15, 0.2) is 45.9 Å². The molecule has 136 valence electrons. The Kier molecular flexibility index (Phi) is 4.95. The molecule has 0 aliphatic carbocycles. The minimum atomic E-state index is -0.973. The van der Waals surface area contributed by atoms with Crippen LogP contribution in [0.5, 0.6) is 5.75 Å². The number of carbonyl (C=O) groups excluding carboxylic acids is 1. The number of amidine groups is 1. The average Bonchev–Trinajstić information content (AvgIpc) is 2.98. The third kappa shape index (κ3) is 3.41. The van der Waals surface area contributed by atoms with Gasteiger partial charge in [0, 0.05) is 4.47 Å². The maximum absolute atomic E-state index is 14.3. The van der Waals surface area contributed by atoms with Crippen molar-refractivity contribution in [3.63, 3.8) is 0 Å². The first-order valence-corrected chi connectivity index (χ1v) is 8.54. The van der Waals surface area contributed by atoms with E-state index < -0.39 is 23.1 Å². The minimum absolute atomic E-state index is 0.0459. The zero-order chi connectivity index (χ0) is 18.9. The zero-order valence-corrected chi connectivity index (χ0v) is 15.4. The first kappa shape index (κ1) is 18.3. The number of nitrogens with one attached hydrogen (secondary N) is 1. The Morgan fingerprint density at radius 1 is 1.31 bits per heavy atom. The lowest BCUT2D eigenvalue weighted by molar-refractivity contribution is -0.119. The van der Waals surface area contributed by atoms with Gasteiger partial charge in [-0.15, -0.1) is 0 Å². The molecule has 0 saturated carbocycles. The van der Waals surface area contributed by atoms with E-state index in [-0.39, 0.29) is 28.8 Å². The van der Waals surface area contributed by atoms with E-state index in [0.29, 0.717) is 11.3 Å². The fourth-order valence-electron chi connectivity index (χ4n) is 3.00. The third-order valence-corrected chi connectivity index (χ3v) is 4.68. The summed E-state index contributed by atoms with van der Waals surface area (Å²) in [4.78, 5) is 15.9. The summed E-state index contributed by atoms with van der Waals surface area (Å²) < 4.78 is 34.0. The SMILES string of the molecule is COc1ccc(C2(CC(N)=O)CN=C(c3c(F)cc(Br)cc3F)N2)cc1. The van der Waals surface area contributed by atoms with Gasteiger partial charge in [-0.25, -0.2) is 8.78 Å². The number of aliphatic imine (C=N–C) groups is 1. The van der Waals surface area contributed by atoms with Crippen LogP contribution in [0.4, 0.5) is 8.78 Å². The molecule has 0 aromatic heterocycles. The molecule has 0 spiro atoms. The number of halogens is 3. The Bertz CT molecular complexity index is 864. The van der Waals surface area contributed by atoms with Gasteiger partial charge in [0.25, 0.3) is 0 Å². The Morgan fingerprint density at radius 2 is 1.92 bits per heavy atom. The van der Waals surface area contributed by atoms with Crippen LogP contribution in [0, 0.1) is 11.6 Å². The van der Waals surface area contributed by atoms with Crippen LogP contribution in [-0.2, 0) is 10.3 Å². The molecule has 26 heavy (non-hydrogen) atoms. The summed E-state index contributed by atoms with van der Waals surface area (Å²) in [5.74, 6) is -1.38. The number of methoxy groups -OCH3 is 1. The second kappa shape index (κ2) is 7.03. The summed E-state index contributed by atoms with van der Waals surface area (Å²) in [6, 6.07) is 9.31. The number of hydrogen-bond donors (Lipinski definition) is 2. The van der Waals surface area contributed by atoms with Crippen molar-refractivity contribution in [1.29, 1.82) is 0 Å². The topological polar surface area (TPSA) is 76.7 Å². The predicted octanol–water partition coefficient (Wildman–Crippen LogP) is 2.86. The number of ether oxygens (including phenoxy) is 1. The predicted molar refractivity (Wildman–Crippen MR) is 97.1 cm³/mol. The van der Waals surface area contributed by atoms with Gasteiger partial charge in [-0.2, -0.15) is 0 Å². The molecular formula is C18H16BrF2N3O2. The fraction of sp³-hybridized carbons (Fsp3) is 0.222. The van der Waals surface area contributed by atoms with Crippen LogP contribution >= 0.6 is 15.9 Å². The fourth-order valence-corrected chi connectivity index (χ4v) is 3.40. The maximum atomic E-state index is 14.3. The average molecular weight is 424 g/mol. The lowest BCUT2D eigenvalue weighted by Gasteiger charge is -2.29. The highest BCUT2D eigenvalue weighted by atomic mass is 79.9. The van der Waals surface area contributed by atoms with Crippen molar-refractivity contribution in [3.05, 3.63) is 63.6 Å². The summed E-state index contributed by atoms with van der Waals surface area (Å²) in [5, 5.41) is 3.02. The first-order valence-electron chi connectivity index (χ1n) is 7.75. The van der Waals surface area contributed by atoms with Gasteiger partial charge in [0.2, 0.25) is 5.91 Å². The molecule has 8 heteroatoms. The van der Waals surface area contributed by atoms with Gasteiger partial charge < -0.3 is 15.8 Å². The molecule has 1 aliphatic heterocycles. The molecule has 0 radical (unpaired) electrons. The molecule has 1 unspecified atom stereocenters. The number of nitrogens with zero attached hydrogens (tertiary/aromatic N) is 1. The molecule has 2 aromatic rings. The van der Waals surface area contributed by atoms with Crippen molar-refractivity contribution < 1.29 is 18.3 Å². The molecular weight excluding hydrogens is 408 g/mol. The standard InChI is InChI=1S/C18H16BrF2N3O2/c1-26-12-4-2-10(3-5-12)18(8-15(22)25)9-23-17(24-18)16-13(20)6-11(19)7-14(16)21/h2-7H,8-9H2,1H3,(H2,22,25)(H,23,24). The highest BCUT2D eigenvalue weighted by molar-refractivity contribution is 9.10. The van der Waals surface area contributed by atoms with Crippen LogP contribution < -0.4 is 15.8 Å². The minimum Gasteiger partial charge on any atom is -0.497 e. The summed E-state index contributed by atoms with van der Waals surface area (Å²) in [6.45, 7) is 0.118. The number of nitrogens with two attached hydrogens (primary N) is 1. The second-order valence-electron chi connectivity index (χ2n) is 5.99. The van der Waals surface area contributed by atoms with Gasteiger partial charge in [0.15, 0.2) is 0 Å². The Balaban J connectivity index is 1.99. The third-order valence-electron chi connectivity index (χ3n) is 4.23. The Hall–Kier alpha value is -2.48. The number of primary amides is 1. The highest BCUT2D eigenvalue weighted by Gasteiger charge is 2.40. The molecule has 1 heterocycles. The van der Waals surface area contributed by atoms with Crippen molar-refractivity contribution in [1.82, 2.24) is 5.32 Å². The van der Waals surface area contributed by atoms with Gasteiger partial charge in [0.05, 0.1) is 31.2 Å². The largest absolute Gasteiger partial charge is 0.497 e. The van der Waals surface area contributed by atoms with E-state index in [2.05, 4.69) is 26.2 Å². The Morgan fingerprint density at radius 3 is 2.46 bits per heavy atom. The van der Waals surface area contributed by atoms with E-state index in [1.807, 2.05) is 0 Å². The van der Waals surface area contributed by atoms with E-state index >= 15 is 0 Å². The van der Waals surface area contributed by atoms with E-state index in [1.54, 1.807) is 31.4 Å². The first-order chi connectivity index (χ1) is 12.3. The van der Waals surface area contributed by atoms with Crippen LogP contribution in [0.25, 0.3) is 0 Å². The Labute approximate surface area is 157 Å².